The molecule has 140 valence electrons. The van der Waals surface area contributed by atoms with Crippen molar-refractivity contribution in [3.8, 4) is 17.2 Å². The van der Waals surface area contributed by atoms with E-state index >= 15 is 0 Å². The second kappa shape index (κ2) is 9.14. The summed E-state index contributed by atoms with van der Waals surface area (Å²) in [6, 6.07) is 15.3. The van der Waals surface area contributed by atoms with Gasteiger partial charge in [0.05, 0.1) is 31.3 Å². The Bertz CT molecular complexity index is 880. The molecule has 0 fully saturated rings. The summed E-state index contributed by atoms with van der Waals surface area (Å²) in [5.74, 6) is 2.29. The summed E-state index contributed by atoms with van der Waals surface area (Å²) in [7, 11) is 3.15. The summed E-state index contributed by atoms with van der Waals surface area (Å²) in [5.41, 5.74) is 2.80. The molecule has 1 heterocycles. The molecule has 0 aliphatic heterocycles. The van der Waals surface area contributed by atoms with Crippen molar-refractivity contribution in [2.45, 2.75) is 5.75 Å². The monoisotopic (exact) mass is 383 g/mol. The Kier molecular flexibility index (Phi) is 6.38. The first-order chi connectivity index (χ1) is 13.2. The number of carbonyl (C=O) groups excluding carboxylic acids is 1. The number of anilines is 1. The first-order valence-corrected chi connectivity index (χ1v) is 9.53. The van der Waals surface area contributed by atoms with E-state index in [0.717, 1.165) is 17.0 Å². The van der Waals surface area contributed by atoms with Crippen LogP contribution in [0.3, 0.4) is 0 Å². The van der Waals surface area contributed by atoms with Crippen LogP contribution in [0.1, 0.15) is 5.56 Å². The normalized spacial score (nSPS) is 10.4. The van der Waals surface area contributed by atoms with Crippen molar-refractivity contribution in [2.75, 3.05) is 25.3 Å². The van der Waals surface area contributed by atoms with Crippen LogP contribution in [0.2, 0.25) is 0 Å². The van der Waals surface area contributed by atoms with Crippen LogP contribution in [0.4, 0.5) is 5.69 Å². The van der Waals surface area contributed by atoms with E-state index in [-0.39, 0.29) is 5.91 Å². The number of nitrogens with one attached hydrogen (secondary N) is 1. The van der Waals surface area contributed by atoms with Crippen LogP contribution < -0.4 is 14.8 Å². The van der Waals surface area contributed by atoms with Crippen molar-refractivity contribution < 1.29 is 14.3 Å². The molecule has 6 nitrogen and oxygen atoms in total. The summed E-state index contributed by atoms with van der Waals surface area (Å²) < 4.78 is 12.3. The zero-order valence-corrected chi connectivity index (χ0v) is 16.0. The predicted molar refractivity (Wildman–Crippen MR) is 108 cm³/mol. The number of thioether (sulfide) groups is 1. The van der Waals surface area contributed by atoms with E-state index in [0.29, 0.717) is 22.9 Å². The van der Waals surface area contributed by atoms with E-state index in [1.807, 2.05) is 29.1 Å². The Hall–Kier alpha value is -2.93. The third-order valence-electron chi connectivity index (χ3n) is 3.89. The van der Waals surface area contributed by atoms with E-state index < -0.39 is 0 Å². The molecule has 0 saturated carbocycles. The molecular weight excluding hydrogens is 362 g/mol. The van der Waals surface area contributed by atoms with E-state index in [1.54, 1.807) is 50.4 Å². The highest BCUT2D eigenvalue weighted by molar-refractivity contribution is 7.99. The van der Waals surface area contributed by atoms with E-state index in [2.05, 4.69) is 22.5 Å². The maximum absolute atomic E-state index is 12.2. The van der Waals surface area contributed by atoms with Crippen molar-refractivity contribution in [2.24, 2.45) is 0 Å². The number of amides is 1. The van der Waals surface area contributed by atoms with Crippen LogP contribution >= 0.6 is 11.8 Å². The molecule has 0 saturated heterocycles. The number of aromatic nitrogens is 2. The third-order valence-corrected chi connectivity index (χ3v) is 4.89. The number of rotatable bonds is 8. The van der Waals surface area contributed by atoms with Gasteiger partial charge in [-0.05, 0) is 35.9 Å². The molecule has 1 N–H and O–H groups in total. The van der Waals surface area contributed by atoms with Gasteiger partial charge in [-0.15, -0.1) is 11.8 Å². The second-order valence-electron chi connectivity index (χ2n) is 5.72. The van der Waals surface area contributed by atoms with Crippen molar-refractivity contribution >= 4 is 23.4 Å². The molecule has 0 radical (unpaired) electrons. The molecule has 0 atom stereocenters. The van der Waals surface area contributed by atoms with E-state index in [9.17, 15) is 4.79 Å². The van der Waals surface area contributed by atoms with E-state index in [1.165, 1.54) is 0 Å². The predicted octanol–water partition coefficient (Wildman–Crippen LogP) is 3.76. The first kappa shape index (κ1) is 18.8. The van der Waals surface area contributed by atoms with Crippen LogP contribution in [0.15, 0.2) is 60.9 Å². The average molecular weight is 383 g/mol. The third kappa shape index (κ3) is 5.04. The number of ether oxygens (including phenoxy) is 2. The van der Waals surface area contributed by atoms with Gasteiger partial charge in [0.2, 0.25) is 5.91 Å². The summed E-state index contributed by atoms with van der Waals surface area (Å²) in [6.45, 7) is 0. The van der Waals surface area contributed by atoms with Crippen molar-refractivity contribution in [1.29, 1.82) is 0 Å². The van der Waals surface area contributed by atoms with Gasteiger partial charge in [0.1, 0.15) is 11.5 Å². The zero-order chi connectivity index (χ0) is 19.1. The topological polar surface area (TPSA) is 65.4 Å². The number of nitrogens with zero attached hydrogens (tertiary/aromatic N) is 2. The SMILES string of the molecule is COc1ccc(NC(=O)CSCc2ccc(-n3cccn3)cc2)c(OC)c1. The first-order valence-electron chi connectivity index (χ1n) is 8.38. The van der Waals surface area contributed by atoms with Gasteiger partial charge in [0.25, 0.3) is 0 Å². The van der Waals surface area contributed by atoms with Crippen LogP contribution in [-0.2, 0) is 10.5 Å². The molecule has 0 aliphatic carbocycles. The van der Waals surface area contributed by atoms with Gasteiger partial charge in [-0.2, -0.15) is 5.10 Å². The highest BCUT2D eigenvalue weighted by Crippen LogP contribution is 2.29. The molecule has 0 unspecified atom stereocenters. The minimum atomic E-state index is -0.0726. The Balaban J connectivity index is 1.50. The Morgan fingerprint density at radius 3 is 2.63 bits per heavy atom. The molecule has 0 bridgehead atoms. The highest BCUT2D eigenvalue weighted by Gasteiger charge is 2.09. The molecule has 1 amide bonds. The fourth-order valence-corrected chi connectivity index (χ4v) is 3.30. The molecular formula is C20H21N3O3S. The van der Waals surface area contributed by atoms with Gasteiger partial charge >= 0.3 is 0 Å². The van der Waals surface area contributed by atoms with Crippen LogP contribution in [0.25, 0.3) is 5.69 Å². The van der Waals surface area contributed by atoms with Gasteiger partial charge in [-0.3, -0.25) is 4.79 Å². The second-order valence-corrected chi connectivity index (χ2v) is 6.71. The van der Waals surface area contributed by atoms with E-state index in [4.69, 9.17) is 9.47 Å². The summed E-state index contributed by atoms with van der Waals surface area (Å²) in [6.07, 6.45) is 3.65. The molecule has 7 heteroatoms. The molecule has 1 aromatic heterocycles. The number of hydrogen-bond donors (Lipinski definition) is 1. The molecule has 0 aliphatic rings. The van der Waals surface area contributed by atoms with Crippen molar-refractivity contribution in [1.82, 2.24) is 9.78 Å². The van der Waals surface area contributed by atoms with Crippen LogP contribution in [0.5, 0.6) is 11.5 Å². The van der Waals surface area contributed by atoms with Crippen LogP contribution in [-0.4, -0.2) is 35.7 Å². The largest absolute Gasteiger partial charge is 0.497 e. The van der Waals surface area contributed by atoms with Gasteiger partial charge in [0, 0.05) is 24.2 Å². The van der Waals surface area contributed by atoms with Crippen molar-refractivity contribution in [3.05, 3.63) is 66.5 Å². The maximum Gasteiger partial charge on any atom is 0.234 e. The zero-order valence-electron chi connectivity index (χ0n) is 15.2. The Morgan fingerprint density at radius 1 is 1.15 bits per heavy atom. The summed E-state index contributed by atoms with van der Waals surface area (Å²) in [4.78, 5) is 12.2. The van der Waals surface area contributed by atoms with Gasteiger partial charge in [-0.25, -0.2) is 4.68 Å². The number of carbonyl (C=O) groups is 1. The molecule has 27 heavy (non-hydrogen) atoms. The van der Waals surface area contributed by atoms with Gasteiger partial charge < -0.3 is 14.8 Å². The van der Waals surface area contributed by atoms with Crippen molar-refractivity contribution in [3.63, 3.8) is 0 Å². The Labute approximate surface area is 162 Å². The number of benzene rings is 2. The lowest BCUT2D eigenvalue weighted by Gasteiger charge is -2.11. The summed E-state index contributed by atoms with van der Waals surface area (Å²) in [5, 5.41) is 7.08. The lowest BCUT2D eigenvalue weighted by Crippen LogP contribution is -2.14. The van der Waals surface area contributed by atoms with Gasteiger partial charge in [0.15, 0.2) is 0 Å². The minimum Gasteiger partial charge on any atom is -0.497 e. The fourth-order valence-electron chi connectivity index (χ4n) is 2.52. The Morgan fingerprint density at radius 2 is 1.96 bits per heavy atom. The minimum absolute atomic E-state index is 0.0726. The average Bonchev–Trinajstić information content (AvgIpc) is 3.23. The highest BCUT2D eigenvalue weighted by atomic mass is 32.2. The fraction of sp³-hybridized carbons (Fsp3) is 0.200. The quantitative estimate of drug-likeness (QED) is 0.642. The molecule has 0 spiro atoms. The molecule has 3 aromatic rings. The number of methoxy groups -OCH3 is 2. The summed E-state index contributed by atoms with van der Waals surface area (Å²) >= 11 is 1.56. The lowest BCUT2D eigenvalue weighted by atomic mass is 10.2. The smallest absolute Gasteiger partial charge is 0.234 e. The van der Waals surface area contributed by atoms with Gasteiger partial charge in [-0.1, -0.05) is 12.1 Å². The number of hydrogen-bond acceptors (Lipinski definition) is 5. The van der Waals surface area contributed by atoms with Crippen LogP contribution in [0, 0.1) is 0 Å². The molecule has 3 rings (SSSR count). The standard InChI is InChI=1S/C20H21N3O3S/c1-25-17-8-9-18(19(12-17)26-2)22-20(24)14-27-13-15-4-6-16(7-5-15)23-11-3-10-21-23/h3-12H,13-14H2,1-2H3,(H,22,24). The molecule has 2 aromatic carbocycles. The lowest BCUT2D eigenvalue weighted by molar-refractivity contribution is -0.113. The maximum atomic E-state index is 12.2.